The Labute approximate surface area is 105 Å². The van der Waals surface area contributed by atoms with Gasteiger partial charge in [-0.3, -0.25) is 4.98 Å². The molecule has 0 aliphatic carbocycles. The van der Waals surface area contributed by atoms with Gasteiger partial charge in [-0.1, -0.05) is 30.3 Å². The summed E-state index contributed by atoms with van der Waals surface area (Å²) in [6.45, 7) is 0. The lowest BCUT2D eigenvalue weighted by molar-refractivity contribution is 1.17. The minimum Gasteiger partial charge on any atom is -0.256 e. The molecule has 0 radical (unpaired) electrons. The first-order valence-corrected chi connectivity index (χ1v) is 5.73. The summed E-state index contributed by atoms with van der Waals surface area (Å²) in [5.41, 5.74) is 2.97. The van der Waals surface area contributed by atoms with Crippen molar-refractivity contribution in [3.05, 3.63) is 67.1 Å². The second-order valence-electron chi connectivity index (χ2n) is 3.83. The number of nitrogens with zero attached hydrogens (tertiary/aromatic N) is 3. The van der Waals surface area contributed by atoms with Crippen LogP contribution in [0.15, 0.2) is 67.1 Å². The summed E-state index contributed by atoms with van der Waals surface area (Å²) in [4.78, 5) is 13.0. The predicted octanol–water partition coefficient (Wildman–Crippen LogP) is 3.21. The summed E-state index contributed by atoms with van der Waals surface area (Å²) in [5, 5.41) is 0. The van der Waals surface area contributed by atoms with E-state index in [-0.39, 0.29) is 0 Å². The van der Waals surface area contributed by atoms with E-state index in [0.717, 1.165) is 22.6 Å². The summed E-state index contributed by atoms with van der Waals surface area (Å²) in [7, 11) is 0. The van der Waals surface area contributed by atoms with E-state index >= 15 is 0 Å². The maximum Gasteiger partial charge on any atom is 0.159 e. The molecular weight excluding hydrogens is 222 g/mol. The molecule has 0 bridgehead atoms. The quantitative estimate of drug-likeness (QED) is 0.682. The van der Waals surface area contributed by atoms with Gasteiger partial charge in [0.2, 0.25) is 0 Å². The molecule has 0 saturated heterocycles. The van der Waals surface area contributed by atoms with Gasteiger partial charge in [0.25, 0.3) is 0 Å². The van der Waals surface area contributed by atoms with Gasteiger partial charge in [-0.05, 0) is 18.2 Å². The third-order valence-electron chi connectivity index (χ3n) is 2.67. The first-order valence-electron chi connectivity index (χ1n) is 5.73. The average molecular weight is 233 g/mol. The first-order chi connectivity index (χ1) is 8.95. The van der Waals surface area contributed by atoms with Crippen molar-refractivity contribution in [3.63, 3.8) is 0 Å². The van der Waals surface area contributed by atoms with Crippen molar-refractivity contribution < 1.29 is 0 Å². The molecule has 0 spiro atoms. The molecule has 0 N–H and O–H groups in total. The molecule has 0 unspecified atom stereocenters. The second kappa shape index (κ2) is 4.75. The highest BCUT2D eigenvalue weighted by Crippen LogP contribution is 2.27. The molecule has 2 aromatic heterocycles. The fraction of sp³-hybridized carbons (Fsp3) is 0. The molecule has 18 heavy (non-hydrogen) atoms. The molecule has 0 aliphatic rings. The van der Waals surface area contributed by atoms with E-state index in [9.17, 15) is 0 Å². The van der Waals surface area contributed by atoms with Crippen LogP contribution in [0.5, 0.6) is 0 Å². The minimum atomic E-state index is 0.721. The van der Waals surface area contributed by atoms with E-state index in [0.29, 0.717) is 0 Å². The molecule has 3 rings (SSSR count). The zero-order valence-electron chi connectivity index (χ0n) is 9.69. The van der Waals surface area contributed by atoms with Crippen LogP contribution < -0.4 is 0 Å². The van der Waals surface area contributed by atoms with E-state index in [4.69, 9.17) is 0 Å². The van der Waals surface area contributed by atoms with E-state index in [1.165, 1.54) is 0 Å². The van der Waals surface area contributed by atoms with Gasteiger partial charge >= 0.3 is 0 Å². The Morgan fingerprint density at radius 3 is 1.94 bits per heavy atom. The molecule has 0 aliphatic heterocycles. The van der Waals surface area contributed by atoms with Gasteiger partial charge in [0.1, 0.15) is 0 Å². The molecule has 86 valence electrons. The van der Waals surface area contributed by atoms with Crippen LogP contribution in [-0.4, -0.2) is 15.0 Å². The molecule has 0 atom stereocenters. The summed E-state index contributed by atoms with van der Waals surface area (Å²) >= 11 is 0. The number of aromatic nitrogens is 3. The zero-order chi connectivity index (χ0) is 12.2. The Kier molecular flexibility index (Phi) is 2.80. The van der Waals surface area contributed by atoms with Crippen molar-refractivity contribution in [2.75, 3.05) is 0 Å². The molecule has 1 aromatic carbocycles. The molecular formula is C15H11N3. The van der Waals surface area contributed by atoms with Gasteiger partial charge in [-0.2, -0.15) is 0 Å². The molecule has 2 heterocycles. The molecule has 3 heteroatoms. The van der Waals surface area contributed by atoms with Crippen molar-refractivity contribution in [2.45, 2.75) is 0 Å². The molecule has 0 fully saturated rings. The largest absolute Gasteiger partial charge is 0.256 e. The van der Waals surface area contributed by atoms with E-state index in [1.807, 2.05) is 48.5 Å². The lowest BCUT2D eigenvalue weighted by Gasteiger charge is -2.07. The highest BCUT2D eigenvalue weighted by Gasteiger charge is 2.08. The van der Waals surface area contributed by atoms with Crippen molar-refractivity contribution >= 4 is 0 Å². The van der Waals surface area contributed by atoms with E-state index in [2.05, 4.69) is 15.0 Å². The van der Waals surface area contributed by atoms with Gasteiger partial charge in [0.05, 0.1) is 5.69 Å². The number of pyridine rings is 1. The number of hydrogen-bond donors (Lipinski definition) is 0. The SMILES string of the molecule is c1ccc(-c2ccccc2-c2ncccn2)nc1. The standard InChI is InChI=1S/C15H11N3/c1-2-7-13(15-17-10-5-11-18-15)12(6-1)14-8-3-4-9-16-14/h1-11H. The highest BCUT2D eigenvalue weighted by atomic mass is 14.9. The Balaban J connectivity index is 2.18. The van der Waals surface area contributed by atoms with Gasteiger partial charge in [0, 0.05) is 29.7 Å². The van der Waals surface area contributed by atoms with Crippen LogP contribution in [0.25, 0.3) is 22.6 Å². The van der Waals surface area contributed by atoms with Crippen molar-refractivity contribution in [3.8, 4) is 22.6 Å². The lowest BCUT2D eigenvalue weighted by Crippen LogP contribution is -1.91. The molecule has 3 aromatic rings. The third-order valence-corrected chi connectivity index (χ3v) is 2.67. The number of rotatable bonds is 2. The Morgan fingerprint density at radius 1 is 0.556 bits per heavy atom. The van der Waals surface area contributed by atoms with Gasteiger partial charge in [0.15, 0.2) is 5.82 Å². The monoisotopic (exact) mass is 233 g/mol. The summed E-state index contributed by atoms with van der Waals surface area (Å²) < 4.78 is 0. The number of benzene rings is 1. The fourth-order valence-corrected chi connectivity index (χ4v) is 1.86. The summed E-state index contributed by atoms with van der Waals surface area (Å²) in [6, 6.07) is 15.7. The lowest BCUT2D eigenvalue weighted by atomic mass is 10.0. The highest BCUT2D eigenvalue weighted by molar-refractivity contribution is 5.78. The normalized spacial score (nSPS) is 10.2. The van der Waals surface area contributed by atoms with Crippen molar-refractivity contribution in [1.29, 1.82) is 0 Å². The van der Waals surface area contributed by atoms with Crippen molar-refractivity contribution in [1.82, 2.24) is 15.0 Å². The molecule has 0 amide bonds. The third kappa shape index (κ3) is 1.98. The Morgan fingerprint density at radius 2 is 1.22 bits per heavy atom. The Hall–Kier alpha value is -2.55. The molecule has 3 nitrogen and oxygen atoms in total. The van der Waals surface area contributed by atoms with E-state index < -0.39 is 0 Å². The van der Waals surface area contributed by atoms with Crippen LogP contribution in [0.2, 0.25) is 0 Å². The van der Waals surface area contributed by atoms with Crippen molar-refractivity contribution in [2.24, 2.45) is 0 Å². The maximum atomic E-state index is 4.38. The molecule has 0 saturated carbocycles. The fourth-order valence-electron chi connectivity index (χ4n) is 1.86. The smallest absolute Gasteiger partial charge is 0.159 e. The van der Waals surface area contributed by atoms with Gasteiger partial charge in [-0.15, -0.1) is 0 Å². The van der Waals surface area contributed by atoms with Gasteiger partial charge < -0.3 is 0 Å². The Bertz CT molecular complexity index is 578. The zero-order valence-corrected chi connectivity index (χ0v) is 9.69. The van der Waals surface area contributed by atoms with Crippen LogP contribution >= 0.6 is 0 Å². The van der Waals surface area contributed by atoms with Crippen LogP contribution in [0, 0.1) is 0 Å². The minimum absolute atomic E-state index is 0.721. The second-order valence-corrected chi connectivity index (χ2v) is 3.83. The van der Waals surface area contributed by atoms with Crippen LogP contribution in [0.1, 0.15) is 0 Å². The topological polar surface area (TPSA) is 38.7 Å². The predicted molar refractivity (Wildman–Crippen MR) is 70.7 cm³/mol. The van der Waals surface area contributed by atoms with Crippen LogP contribution in [0.3, 0.4) is 0 Å². The average Bonchev–Trinajstić information content (AvgIpc) is 2.49. The number of hydrogen-bond acceptors (Lipinski definition) is 3. The maximum absolute atomic E-state index is 4.38. The van der Waals surface area contributed by atoms with Gasteiger partial charge in [-0.25, -0.2) is 9.97 Å². The van der Waals surface area contributed by atoms with Crippen LogP contribution in [-0.2, 0) is 0 Å². The summed E-state index contributed by atoms with van der Waals surface area (Å²) in [6.07, 6.45) is 5.28. The summed E-state index contributed by atoms with van der Waals surface area (Å²) in [5.74, 6) is 0.721. The van der Waals surface area contributed by atoms with E-state index in [1.54, 1.807) is 18.6 Å². The first kappa shape index (κ1) is 10.6. The van der Waals surface area contributed by atoms with Crippen LogP contribution in [0.4, 0.5) is 0 Å².